The van der Waals surface area contributed by atoms with E-state index < -0.39 is 13.3 Å². The van der Waals surface area contributed by atoms with Crippen molar-refractivity contribution in [1.82, 2.24) is 0 Å². The molecule has 0 heterocycles. The van der Waals surface area contributed by atoms with Crippen molar-refractivity contribution in [3.05, 3.63) is 91.0 Å². The number of hydrogen-bond acceptors (Lipinski definition) is 0. The van der Waals surface area contributed by atoms with E-state index in [0.717, 1.165) is 0 Å². The summed E-state index contributed by atoms with van der Waals surface area (Å²) < 4.78 is 4.67. The summed E-state index contributed by atoms with van der Waals surface area (Å²) in [6.45, 7) is 2.31. The topological polar surface area (TPSA) is 0 Å². The van der Waals surface area contributed by atoms with Crippen LogP contribution in [-0.2, 0) is 0 Å². The first-order valence-corrected chi connectivity index (χ1v) is 12.7. The fourth-order valence-electron chi connectivity index (χ4n) is 3.48. The molecule has 0 saturated heterocycles. The molecular formula is C21H22Ge. The van der Waals surface area contributed by atoms with Gasteiger partial charge in [-0.3, -0.25) is 0 Å². The van der Waals surface area contributed by atoms with Gasteiger partial charge in [-0.2, -0.15) is 0 Å². The zero-order valence-electron chi connectivity index (χ0n) is 13.1. The Morgan fingerprint density at radius 2 is 0.864 bits per heavy atom. The summed E-state index contributed by atoms with van der Waals surface area (Å²) in [5.41, 5.74) is 0. The molecule has 0 radical (unpaired) electrons. The van der Waals surface area contributed by atoms with Crippen LogP contribution in [0, 0.1) is 0 Å². The molecule has 22 heavy (non-hydrogen) atoms. The van der Waals surface area contributed by atoms with E-state index in [0.29, 0.717) is 0 Å². The van der Waals surface area contributed by atoms with Crippen LogP contribution in [-0.4, -0.2) is 13.3 Å². The molecule has 0 aliphatic carbocycles. The van der Waals surface area contributed by atoms with Crippen LogP contribution in [0.4, 0.5) is 0 Å². The van der Waals surface area contributed by atoms with E-state index in [1.165, 1.54) is 11.7 Å². The third kappa shape index (κ3) is 2.76. The summed E-state index contributed by atoms with van der Waals surface area (Å²) in [6.07, 6.45) is 1.22. The summed E-state index contributed by atoms with van der Waals surface area (Å²) in [5, 5.41) is 1.29. The van der Waals surface area contributed by atoms with E-state index in [1.807, 2.05) is 0 Å². The van der Waals surface area contributed by atoms with E-state index in [9.17, 15) is 0 Å². The number of hydrogen-bond donors (Lipinski definition) is 0. The van der Waals surface area contributed by atoms with E-state index in [-0.39, 0.29) is 0 Å². The summed E-state index contributed by atoms with van der Waals surface area (Å²) in [7, 11) is 0. The van der Waals surface area contributed by atoms with Crippen molar-refractivity contribution in [3.8, 4) is 0 Å². The minimum absolute atomic E-state index is 1.22. The Bertz CT molecular complexity index is 593. The molecule has 3 aromatic rings. The van der Waals surface area contributed by atoms with Crippen molar-refractivity contribution in [2.75, 3.05) is 0 Å². The van der Waals surface area contributed by atoms with Crippen LogP contribution in [0.1, 0.15) is 13.3 Å². The molecular weight excluding hydrogens is 325 g/mol. The Morgan fingerprint density at radius 1 is 0.545 bits per heavy atom. The van der Waals surface area contributed by atoms with Crippen LogP contribution >= 0.6 is 0 Å². The van der Waals surface area contributed by atoms with Crippen LogP contribution in [0.3, 0.4) is 0 Å². The molecule has 0 spiro atoms. The molecule has 3 aromatic carbocycles. The van der Waals surface area contributed by atoms with Crippen molar-refractivity contribution in [2.45, 2.75) is 18.6 Å². The van der Waals surface area contributed by atoms with Crippen molar-refractivity contribution < 1.29 is 0 Å². The molecule has 0 bridgehead atoms. The van der Waals surface area contributed by atoms with Gasteiger partial charge in [0.2, 0.25) is 0 Å². The molecule has 0 atom stereocenters. The first kappa shape index (κ1) is 15.1. The fourth-order valence-corrected chi connectivity index (χ4v) is 13.8. The quantitative estimate of drug-likeness (QED) is 0.619. The van der Waals surface area contributed by atoms with Crippen LogP contribution in [0.2, 0.25) is 5.25 Å². The molecule has 0 fully saturated rings. The van der Waals surface area contributed by atoms with Gasteiger partial charge in [-0.25, -0.2) is 0 Å². The molecule has 3 rings (SSSR count). The summed E-state index contributed by atoms with van der Waals surface area (Å²) in [6, 6.07) is 33.6. The van der Waals surface area contributed by atoms with E-state index >= 15 is 0 Å². The van der Waals surface area contributed by atoms with E-state index in [4.69, 9.17) is 0 Å². The van der Waals surface area contributed by atoms with Crippen molar-refractivity contribution in [2.24, 2.45) is 0 Å². The Kier molecular flexibility index (Phi) is 4.79. The zero-order valence-corrected chi connectivity index (χ0v) is 15.2. The molecule has 1 heteroatoms. The maximum absolute atomic E-state index is 2.57. The Labute approximate surface area is 136 Å². The van der Waals surface area contributed by atoms with Crippen molar-refractivity contribution >= 4 is 26.5 Å². The molecule has 0 aromatic heterocycles. The second-order valence-corrected chi connectivity index (χ2v) is 14.2. The molecule has 0 aliphatic rings. The fraction of sp³-hybridized carbons (Fsp3) is 0.143. The van der Waals surface area contributed by atoms with E-state index in [2.05, 4.69) is 97.9 Å². The summed E-state index contributed by atoms with van der Waals surface area (Å²) in [5.74, 6) is 0. The van der Waals surface area contributed by atoms with Crippen LogP contribution in [0.5, 0.6) is 0 Å². The van der Waals surface area contributed by atoms with Gasteiger partial charge in [-0.1, -0.05) is 0 Å². The molecule has 0 nitrogen and oxygen atoms in total. The molecule has 0 aliphatic heterocycles. The molecule has 0 saturated carbocycles. The van der Waals surface area contributed by atoms with Gasteiger partial charge >= 0.3 is 136 Å². The molecule has 110 valence electrons. The third-order valence-electron chi connectivity index (χ3n) is 4.42. The SMILES string of the molecule is CC[CH2][Ge]([c]1ccccc1)([c]1ccccc1)[c]1ccccc1. The van der Waals surface area contributed by atoms with Gasteiger partial charge in [-0.15, -0.1) is 0 Å². The summed E-state index contributed by atoms with van der Waals surface area (Å²) in [4.78, 5) is 0. The summed E-state index contributed by atoms with van der Waals surface area (Å²) >= 11 is -2.57. The van der Waals surface area contributed by atoms with Gasteiger partial charge in [0.1, 0.15) is 0 Å². The van der Waals surface area contributed by atoms with Crippen molar-refractivity contribution in [3.63, 3.8) is 0 Å². The molecule has 0 N–H and O–H groups in total. The Morgan fingerprint density at radius 3 is 1.14 bits per heavy atom. The van der Waals surface area contributed by atoms with Gasteiger partial charge in [-0.05, 0) is 0 Å². The first-order valence-electron chi connectivity index (χ1n) is 8.04. The Balaban J connectivity index is 2.29. The second kappa shape index (κ2) is 6.98. The standard InChI is InChI=1S/C21H22Ge/c1-2-18-22(19-12-6-3-7-13-19,20-14-8-4-9-15-20)21-16-10-5-11-17-21/h3-17H,2,18H2,1H3. The molecule has 0 amide bonds. The van der Waals surface area contributed by atoms with Gasteiger partial charge in [0, 0.05) is 0 Å². The minimum atomic E-state index is -2.57. The number of rotatable bonds is 5. The second-order valence-electron chi connectivity index (χ2n) is 5.75. The predicted octanol–water partition coefficient (Wildman–Crippen LogP) is 3.57. The van der Waals surface area contributed by atoms with Crippen molar-refractivity contribution in [1.29, 1.82) is 0 Å². The monoisotopic (exact) mass is 348 g/mol. The number of benzene rings is 3. The third-order valence-corrected chi connectivity index (χ3v) is 15.3. The molecule has 0 unspecified atom stereocenters. The predicted molar refractivity (Wildman–Crippen MR) is 99.1 cm³/mol. The van der Waals surface area contributed by atoms with Crippen LogP contribution in [0.25, 0.3) is 0 Å². The normalized spacial score (nSPS) is 11.3. The van der Waals surface area contributed by atoms with E-state index in [1.54, 1.807) is 13.2 Å². The average molecular weight is 347 g/mol. The Hall–Kier alpha value is -1.80. The maximum atomic E-state index is 2.34. The average Bonchev–Trinajstić information content (AvgIpc) is 2.62. The first-order chi connectivity index (χ1) is 10.9. The van der Waals surface area contributed by atoms with Gasteiger partial charge in [0.05, 0.1) is 0 Å². The van der Waals surface area contributed by atoms with Gasteiger partial charge < -0.3 is 0 Å². The van der Waals surface area contributed by atoms with Gasteiger partial charge in [0.25, 0.3) is 0 Å². The van der Waals surface area contributed by atoms with Crippen LogP contribution < -0.4 is 13.2 Å². The van der Waals surface area contributed by atoms with Gasteiger partial charge in [0.15, 0.2) is 0 Å². The van der Waals surface area contributed by atoms with Crippen LogP contribution in [0.15, 0.2) is 91.0 Å². The zero-order chi connectivity index (χ0) is 15.3.